The molecule has 0 fully saturated rings. The first-order valence-corrected chi connectivity index (χ1v) is 15.1. The number of phenols is 1. The molecule has 2 atom stereocenters. The van der Waals surface area contributed by atoms with E-state index in [0.29, 0.717) is 26.4 Å². The fourth-order valence-electron chi connectivity index (χ4n) is 4.36. The minimum absolute atomic E-state index is 0.179. The molecule has 2 heterocycles. The van der Waals surface area contributed by atoms with E-state index >= 15 is 0 Å². The highest BCUT2D eigenvalue weighted by molar-refractivity contribution is 7.46. The standard InChI is InChI=1S/C31H29N6OP.C2H6/c1-20(17-32)23-9-7-10-24(15-23)21(2)35-25-11-6-8-22(14-25)18-33-30-16-27(26-12-4-5-13-28(26)38)36-31-29(39-3)19-34-37(30)31;1-2/h4-16,19-20,33,35,38-39H,2,18H2,1,3H3;1-2H3. The summed E-state index contributed by atoms with van der Waals surface area (Å²) >= 11 is 0. The molecule has 0 saturated carbocycles. The third-order valence-corrected chi connectivity index (χ3v) is 7.44. The minimum Gasteiger partial charge on any atom is -0.507 e. The van der Waals surface area contributed by atoms with E-state index in [1.165, 1.54) is 0 Å². The monoisotopic (exact) mass is 562 g/mol. The van der Waals surface area contributed by atoms with Gasteiger partial charge in [0.1, 0.15) is 11.6 Å². The van der Waals surface area contributed by atoms with E-state index in [0.717, 1.165) is 44.8 Å². The van der Waals surface area contributed by atoms with Gasteiger partial charge in [-0.05, 0) is 60.6 Å². The van der Waals surface area contributed by atoms with Gasteiger partial charge in [-0.1, -0.05) is 71.5 Å². The molecule has 0 aliphatic carbocycles. The lowest BCUT2D eigenvalue weighted by Crippen LogP contribution is -2.08. The van der Waals surface area contributed by atoms with E-state index in [-0.39, 0.29) is 11.7 Å². The second kappa shape index (κ2) is 13.6. The summed E-state index contributed by atoms with van der Waals surface area (Å²) in [5, 5.41) is 32.2. The van der Waals surface area contributed by atoms with Crippen LogP contribution in [0.4, 0.5) is 11.5 Å². The molecule has 208 valence electrons. The van der Waals surface area contributed by atoms with Crippen LogP contribution in [-0.4, -0.2) is 26.4 Å². The minimum atomic E-state index is -0.179. The molecule has 0 aliphatic heterocycles. The van der Waals surface area contributed by atoms with Crippen LogP contribution in [0.15, 0.2) is 91.6 Å². The molecule has 2 aromatic heterocycles. The second-order valence-corrected chi connectivity index (χ2v) is 10.3. The molecule has 7 nitrogen and oxygen atoms in total. The number of phenolic OH excluding ortho intramolecular Hbond substituents is 1. The van der Waals surface area contributed by atoms with Gasteiger partial charge in [0.05, 0.1) is 23.9 Å². The second-order valence-electron chi connectivity index (χ2n) is 9.22. The lowest BCUT2D eigenvalue weighted by atomic mass is 9.99. The number of nitrogens with one attached hydrogen (secondary N) is 2. The van der Waals surface area contributed by atoms with E-state index < -0.39 is 0 Å². The molecule has 41 heavy (non-hydrogen) atoms. The molecule has 0 amide bonds. The maximum Gasteiger partial charge on any atom is 0.165 e. The van der Waals surface area contributed by atoms with E-state index in [2.05, 4.69) is 47.2 Å². The Balaban J connectivity index is 0.00000189. The van der Waals surface area contributed by atoms with Gasteiger partial charge < -0.3 is 15.7 Å². The van der Waals surface area contributed by atoms with Gasteiger partial charge >= 0.3 is 0 Å². The van der Waals surface area contributed by atoms with Gasteiger partial charge in [-0.3, -0.25) is 0 Å². The number of benzene rings is 3. The first kappa shape index (κ1) is 29.3. The van der Waals surface area contributed by atoms with Gasteiger partial charge in [-0.2, -0.15) is 14.9 Å². The molecule has 5 aromatic rings. The molecular weight excluding hydrogens is 527 g/mol. The number of nitrogens with zero attached hydrogens (tertiary/aromatic N) is 4. The van der Waals surface area contributed by atoms with Crippen LogP contribution in [0.5, 0.6) is 5.75 Å². The summed E-state index contributed by atoms with van der Waals surface area (Å²) in [7, 11) is 0.543. The molecule has 0 saturated heterocycles. The zero-order valence-electron chi connectivity index (χ0n) is 23.8. The normalized spacial score (nSPS) is 11.5. The molecular formula is C33H35N6OP. The molecule has 0 spiro atoms. The predicted molar refractivity (Wildman–Crippen MR) is 172 cm³/mol. The Hall–Kier alpha value is -4.66. The Morgan fingerprint density at radius 1 is 1.07 bits per heavy atom. The summed E-state index contributed by atoms with van der Waals surface area (Å²) in [6.45, 7) is 12.8. The summed E-state index contributed by atoms with van der Waals surface area (Å²) in [5.74, 6) is 0.794. The lowest BCUT2D eigenvalue weighted by Gasteiger charge is -2.14. The average Bonchev–Trinajstić information content (AvgIpc) is 3.44. The Kier molecular flexibility index (Phi) is 9.73. The molecule has 2 unspecified atom stereocenters. The van der Waals surface area contributed by atoms with Crippen molar-refractivity contribution in [1.82, 2.24) is 14.6 Å². The lowest BCUT2D eigenvalue weighted by molar-refractivity contribution is 0.477. The van der Waals surface area contributed by atoms with Crippen LogP contribution >= 0.6 is 8.58 Å². The number of hydrogen-bond acceptors (Lipinski definition) is 6. The van der Waals surface area contributed by atoms with Crippen LogP contribution in [0, 0.1) is 11.3 Å². The van der Waals surface area contributed by atoms with Gasteiger partial charge in [-0.15, -0.1) is 0 Å². The number of rotatable bonds is 9. The van der Waals surface area contributed by atoms with Crippen LogP contribution < -0.4 is 15.9 Å². The fraction of sp³-hybridized carbons (Fsp3) is 0.182. The van der Waals surface area contributed by atoms with Crippen molar-refractivity contribution in [3.8, 4) is 23.1 Å². The van der Waals surface area contributed by atoms with Gasteiger partial charge in [0.2, 0.25) is 0 Å². The number of fused-ring (bicyclic) bond motifs is 1. The van der Waals surface area contributed by atoms with Crippen molar-refractivity contribution >= 4 is 36.7 Å². The van der Waals surface area contributed by atoms with Gasteiger partial charge in [-0.25, -0.2) is 4.98 Å². The highest BCUT2D eigenvalue weighted by atomic mass is 31.1. The number of nitriles is 1. The van der Waals surface area contributed by atoms with E-state index in [4.69, 9.17) is 4.98 Å². The maximum atomic E-state index is 10.4. The summed E-state index contributed by atoms with van der Waals surface area (Å²) in [6.07, 6.45) is 1.85. The van der Waals surface area contributed by atoms with Crippen LogP contribution in [0.2, 0.25) is 0 Å². The molecule has 8 heteroatoms. The molecule has 0 aliphatic rings. The van der Waals surface area contributed by atoms with Gasteiger partial charge in [0.25, 0.3) is 0 Å². The summed E-state index contributed by atoms with van der Waals surface area (Å²) in [6, 6.07) is 27.4. The predicted octanol–water partition coefficient (Wildman–Crippen LogP) is 7.38. The van der Waals surface area contributed by atoms with E-state index in [1.807, 2.05) is 86.1 Å². The molecule has 0 radical (unpaired) electrons. The topological polar surface area (TPSA) is 98.3 Å². The van der Waals surface area contributed by atoms with Gasteiger partial charge in [0.15, 0.2) is 5.65 Å². The summed E-state index contributed by atoms with van der Waals surface area (Å²) in [4.78, 5) is 4.82. The third kappa shape index (κ3) is 6.74. The smallest absolute Gasteiger partial charge is 0.165 e. The number of para-hydroxylation sites is 1. The quantitative estimate of drug-likeness (QED) is 0.162. The van der Waals surface area contributed by atoms with Crippen molar-refractivity contribution in [2.24, 2.45) is 0 Å². The summed E-state index contributed by atoms with van der Waals surface area (Å²) in [5.41, 5.74) is 6.79. The number of aromatic nitrogens is 3. The van der Waals surface area contributed by atoms with Crippen LogP contribution in [-0.2, 0) is 6.54 Å². The van der Waals surface area contributed by atoms with Crippen molar-refractivity contribution in [3.05, 3.63) is 108 Å². The van der Waals surface area contributed by atoms with Crippen molar-refractivity contribution in [3.63, 3.8) is 0 Å². The Morgan fingerprint density at radius 3 is 2.61 bits per heavy atom. The highest BCUT2D eigenvalue weighted by Crippen LogP contribution is 2.30. The molecule has 5 rings (SSSR count). The highest BCUT2D eigenvalue weighted by Gasteiger charge is 2.14. The van der Waals surface area contributed by atoms with Crippen molar-refractivity contribution in [2.75, 3.05) is 17.3 Å². The van der Waals surface area contributed by atoms with Gasteiger partial charge in [0, 0.05) is 34.9 Å². The van der Waals surface area contributed by atoms with Crippen LogP contribution in [0.25, 0.3) is 22.6 Å². The first-order chi connectivity index (χ1) is 20.0. The largest absolute Gasteiger partial charge is 0.507 e. The molecule has 3 aromatic carbocycles. The fourth-order valence-corrected chi connectivity index (χ4v) is 4.93. The molecule has 3 N–H and O–H groups in total. The van der Waals surface area contributed by atoms with E-state index in [1.54, 1.807) is 12.1 Å². The third-order valence-electron chi connectivity index (χ3n) is 6.55. The van der Waals surface area contributed by atoms with Crippen LogP contribution in [0.3, 0.4) is 0 Å². The van der Waals surface area contributed by atoms with Crippen LogP contribution in [0.1, 0.15) is 43.4 Å². The van der Waals surface area contributed by atoms with Crippen molar-refractivity contribution in [1.29, 1.82) is 5.26 Å². The average molecular weight is 563 g/mol. The summed E-state index contributed by atoms with van der Waals surface area (Å²) < 4.78 is 1.81. The Labute approximate surface area is 243 Å². The van der Waals surface area contributed by atoms with E-state index in [9.17, 15) is 10.4 Å². The Bertz CT molecular complexity index is 1700. The number of hydrogen-bond donors (Lipinski definition) is 3. The molecule has 0 bridgehead atoms. The SMILES string of the molecule is C=C(Nc1cccc(CNc2cc(-c3ccccc3O)nc3c(PC)cnn23)c1)c1cccc(C(C)C#N)c1.CC. The van der Waals surface area contributed by atoms with Crippen molar-refractivity contribution in [2.45, 2.75) is 33.2 Å². The van der Waals surface area contributed by atoms with Crippen molar-refractivity contribution < 1.29 is 5.11 Å². The Morgan fingerprint density at radius 2 is 1.85 bits per heavy atom. The first-order valence-electron chi connectivity index (χ1n) is 13.6. The maximum absolute atomic E-state index is 10.4. The zero-order valence-corrected chi connectivity index (χ0v) is 24.8. The zero-order chi connectivity index (χ0) is 29.4. The number of anilines is 2. The number of aromatic hydroxyl groups is 1.